The summed E-state index contributed by atoms with van der Waals surface area (Å²) in [7, 11) is -3.56. The van der Waals surface area contributed by atoms with Gasteiger partial charge in [0.2, 0.25) is 0 Å². The molecule has 1 aromatic heterocycles. The average molecular weight is 295 g/mol. The second-order valence-electron chi connectivity index (χ2n) is 2.53. The van der Waals surface area contributed by atoms with Crippen LogP contribution in [0.15, 0.2) is 20.1 Å². The number of thiophene rings is 1. The molecule has 0 amide bonds. The minimum Gasteiger partial charge on any atom is -0.206 e. The van der Waals surface area contributed by atoms with Gasteiger partial charge in [0.05, 0.1) is 6.07 Å². The van der Waals surface area contributed by atoms with Gasteiger partial charge < -0.3 is 0 Å². The molecule has 1 rings (SSSR count). The number of hydrogen-bond acceptors (Lipinski definition) is 4. The summed E-state index contributed by atoms with van der Waals surface area (Å²) in [5.74, 6) is 0. The molecule has 76 valence electrons. The van der Waals surface area contributed by atoms with Crippen LogP contribution < -0.4 is 4.72 Å². The van der Waals surface area contributed by atoms with E-state index in [1.807, 2.05) is 0 Å². The molecule has 0 aliphatic rings. The van der Waals surface area contributed by atoms with Gasteiger partial charge in [0.15, 0.2) is 0 Å². The molecule has 0 aliphatic carbocycles. The van der Waals surface area contributed by atoms with Crippen molar-refractivity contribution in [2.24, 2.45) is 0 Å². The molecular formula is C7H7BrN2O2S2. The Balaban J connectivity index is 3.00. The molecule has 0 fully saturated rings. The lowest BCUT2D eigenvalue weighted by molar-refractivity contribution is 0.579. The van der Waals surface area contributed by atoms with Gasteiger partial charge in [-0.3, -0.25) is 0 Å². The molecule has 0 saturated heterocycles. The molecule has 1 unspecified atom stereocenters. The Morgan fingerprint density at radius 2 is 2.36 bits per heavy atom. The van der Waals surface area contributed by atoms with Gasteiger partial charge in [0.25, 0.3) is 10.0 Å². The highest BCUT2D eigenvalue weighted by Gasteiger charge is 2.20. The van der Waals surface area contributed by atoms with Crippen molar-refractivity contribution in [3.05, 3.63) is 15.9 Å². The molecular weight excluding hydrogens is 288 g/mol. The van der Waals surface area contributed by atoms with Crippen molar-refractivity contribution >= 4 is 37.3 Å². The zero-order valence-electron chi connectivity index (χ0n) is 7.19. The minimum absolute atomic E-state index is 0.194. The summed E-state index contributed by atoms with van der Waals surface area (Å²) in [5.41, 5.74) is 0. The van der Waals surface area contributed by atoms with Crippen LogP contribution in [0.1, 0.15) is 6.92 Å². The summed E-state index contributed by atoms with van der Waals surface area (Å²) in [5, 5.41) is 10.1. The Morgan fingerprint density at radius 1 is 1.71 bits per heavy atom. The first-order valence-electron chi connectivity index (χ1n) is 3.62. The molecule has 1 heterocycles. The third-order valence-electron chi connectivity index (χ3n) is 1.35. The number of hydrogen-bond donors (Lipinski definition) is 1. The molecule has 0 radical (unpaired) electrons. The van der Waals surface area contributed by atoms with E-state index in [9.17, 15) is 8.42 Å². The number of nitrogens with zero attached hydrogens (tertiary/aromatic N) is 1. The second kappa shape index (κ2) is 4.40. The summed E-state index contributed by atoms with van der Waals surface area (Å²) < 4.78 is 26.2. The van der Waals surface area contributed by atoms with Crippen molar-refractivity contribution < 1.29 is 8.42 Å². The highest BCUT2D eigenvalue weighted by molar-refractivity contribution is 9.10. The molecule has 0 aromatic carbocycles. The highest BCUT2D eigenvalue weighted by atomic mass is 79.9. The fourth-order valence-electron chi connectivity index (χ4n) is 0.784. The topological polar surface area (TPSA) is 70.0 Å². The van der Waals surface area contributed by atoms with E-state index in [1.54, 1.807) is 17.5 Å². The predicted molar refractivity (Wildman–Crippen MR) is 57.4 cm³/mol. The average Bonchev–Trinajstić information content (AvgIpc) is 2.51. The van der Waals surface area contributed by atoms with E-state index in [1.165, 1.54) is 6.92 Å². The normalized spacial score (nSPS) is 13.5. The quantitative estimate of drug-likeness (QED) is 0.922. The van der Waals surface area contributed by atoms with Crippen LogP contribution in [0.25, 0.3) is 0 Å². The predicted octanol–water partition coefficient (Wildman–Crippen LogP) is 1.70. The lowest BCUT2D eigenvalue weighted by atomic mass is 10.4. The van der Waals surface area contributed by atoms with Gasteiger partial charge in [-0.25, -0.2) is 8.42 Å². The fourth-order valence-corrected chi connectivity index (χ4v) is 4.29. The zero-order valence-corrected chi connectivity index (χ0v) is 10.4. The van der Waals surface area contributed by atoms with Gasteiger partial charge in [-0.1, -0.05) is 0 Å². The maximum absolute atomic E-state index is 11.6. The van der Waals surface area contributed by atoms with Crippen LogP contribution in [0.4, 0.5) is 0 Å². The SMILES string of the molecule is CC(C#N)NS(=O)(=O)c1sccc1Br. The van der Waals surface area contributed by atoms with Crippen molar-refractivity contribution in [1.29, 1.82) is 5.26 Å². The van der Waals surface area contributed by atoms with Crippen molar-refractivity contribution in [2.45, 2.75) is 17.2 Å². The van der Waals surface area contributed by atoms with Crippen LogP contribution in [-0.4, -0.2) is 14.5 Å². The third-order valence-corrected chi connectivity index (χ3v) is 5.56. The van der Waals surface area contributed by atoms with Crippen molar-refractivity contribution in [2.75, 3.05) is 0 Å². The molecule has 1 aromatic rings. The van der Waals surface area contributed by atoms with Crippen LogP contribution in [0, 0.1) is 11.3 Å². The summed E-state index contributed by atoms with van der Waals surface area (Å²) >= 11 is 4.22. The van der Waals surface area contributed by atoms with E-state index in [0.29, 0.717) is 4.47 Å². The molecule has 4 nitrogen and oxygen atoms in total. The fraction of sp³-hybridized carbons (Fsp3) is 0.286. The van der Waals surface area contributed by atoms with Crippen LogP contribution in [0.2, 0.25) is 0 Å². The number of nitrogens with one attached hydrogen (secondary N) is 1. The van der Waals surface area contributed by atoms with Crippen LogP contribution >= 0.6 is 27.3 Å². The third kappa shape index (κ3) is 2.54. The standard InChI is InChI=1S/C7H7BrN2O2S2/c1-5(4-9)10-14(11,12)7-6(8)2-3-13-7/h2-3,5,10H,1H3. The lowest BCUT2D eigenvalue weighted by Crippen LogP contribution is -2.31. The molecule has 0 saturated carbocycles. The monoisotopic (exact) mass is 294 g/mol. The van der Waals surface area contributed by atoms with Crippen LogP contribution in [0.3, 0.4) is 0 Å². The summed E-state index contributed by atoms with van der Waals surface area (Å²) in [6.07, 6.45) is 0. The van der Waals surface area contributed by atoms with E-state index in [2.05, 4.69) is 20.7 Å². The molecule has 0 bridgehead atoms. The van der Waals surface area contributed by atoms with E-state index in [0.717, 1.165) is 11.3 Å². The first-order chi connectivity index (χ1) is 6.47. The van der Waals surface area contributed by atoms with Crippen molar-refractivity contribution in [3.8, 4) is 6.07 Å². The van der Waals surface area contributed by atoms with Crippen molar-refractivity contribution in [1.82, 2.24) is 4.72 Å². The minimum atomic E-state index is -3.56. The maximum Gasteiger partial charge on any atom is 0.252 e. The Morgan fingerprint density at radius 3 is 2.79 bits per heavy atom. The Kier molecular flexibility index (Phi) is 3.66. The molecule has 0 aliphatic heterocycles. The van der Waals surface area contributed by atoms with Gasteiger partial charge in [-0.05, 0) is 34.3 Å². The number of sulfonamides is 1. The van der Waals surface area contributed by atoms with Gasteiger partial charge in [0.1, 0.15) is 10.3 Å². The summed E-state index contributed by atoms with van der Waals surface area (Å²) in [4.78, 5) is 0. The van der Waals surface area contributed by atoms with Gasteiger partial charge >= 0.3 is 0 Å². The molecule has 1 atom stereocenters. The number of rotatable bonds is 3. The number of nitriles is 1. The van der Waals surface area contributed by atoms with Gasteiger partial charge in [-0.2, -0.15) is 9.98 Å². The molecule has 1 N–H and O–H groups in total. The van der Waals surface area contributed by atoms with Gasteiger partial charge in [0, 0.05) is 4.47 Å². The van der Waals surface area contributed by atoms with Crippen molar-refractivity contribution in [3.63, 3.8) is 0 Å². The first-order valence-corrected chi connectivity index (χ1v) is 6.78. The smallest absolute Gasteiger partial charge is 0.206 e. The molecule has 14 heavy (non-hydrogen) atoms. The lowest BCUT2D eigenvalue weighted by Gasteiger charge is -2.05. The van der Waals surface area contributed by atoms with E-state index < -0.39 is 16.1 Å². The molecule has 0 spiro atoms. The van der Waals surface area contributed by atoms with Crippen LogP contribution in [-0.2, 0) is 10.0 Å². The van der Waals surface area contributed by atoms with E-state index in [-0.39, 0.29) is 4.21 Å². The van der Waals surface area contributed by atoms with Gasteiger partial charge in [-0.15, -0.1) is 11.3 Å². The Bertz CT molecular complexity index is 460. The largest absolute Gasteiger partial charge is 0.252 e. The summed E-state index contributed by atoms with van der Waals surface area (Å²) in [6, 6.07) is 2.72. The van der Waals surface area contributed by atoms with Crippen LogP contribution in [0.5, 0.6) is 0 Å². The summed E-state index contributed by atoms with van der Waals surface area (Å²) in [6.45, 7) is 1.49. The van der Waals surface area contributed by atoms with E-state index in [4.69, 9.17) is 5.26 Å². The number of halogens is 1. The maximum atomic E-state index is 11.6. The highest BCUT2D eigenvalue weighted by Crippen LogP contribution is 2.27. The molecule has 7 heteroatoms. The second-order valence-corrected chi connectivity index (χ2v) is 6.21. The first kappa shape index (κ1) is 11.7. The Labute approximate surface area is 94.7 Å². The van der Waals surface area contributed by atoms with E-state index >= 15 is 0 Å². The Hall–Kier alpha value is -0.420. The zero-order chi connectivity index (χ0) is 10.8.